The minimum Gasteiger partial charge on any atom is -0.496 e. The first-order valence-electron chi connectivity index (χ1n) is 9.94. The summed E-state index contributed by atoms with van der Waals surface area (Å²) >= 11 is 6.02. The van der Waals surface area contributed by atoms with Crippen LogP contribution in [-0.4, -0.2) is 30.6 Å². The summed E-state index contributed by atoms with van der Waals surface area (Å²) in [5.41, 5.74) is 6.09. The van der Waals surface area contributed by atoms with Crippen LogP contribution in [0.1, 0.15) is 55.8 Å². The lowest BCUT2D eigenvalue weighted by atomic mass is 9.53. The predicted molar refractivity (Wildman–Crippen MR) is 106 cm³/mol. The van der Waals surface area contributed by atoms with Crippen molar-refractivity contribution in [1.82, 2.24) is 5.32 Å². The molecule has 3 N–H and O–H groups in total. The van der Waals surface area contributed by atoms with Crippen molar-refractivity contribution in [2.45, 2.75) is 57.1 Å². The lowest BCUT2D eigenvalue weighted by Crippen LogP contribution is -2.61. The zero-order valence-corrected chi connectivity index (χ0v) is 17.1. The maximum atomic E-state index is 12.8. The van der Waals surface area contributed by atoms with Crippen molar-refractivity contribution in [2.75, 3.05) is 12.8 Å². The summed E-state index contributed by atoms with van der Waals surface area (Å²) in [7, 11) is 1.43. The number of hydrogen-bond acceptors (Lipinski definition) is 5. The monoisotopic (exact) mass is 406 g/mol. The van der Waals surface area contributed by atoms with Gasteiger partial charge >= 0.3 is 5.97 Å². The summed E-state index contributed by atoms with van der Waals surface area (Å²) in [5.74, 6) is 1.55. The van der Waals surface area contributed by atoms with Gasteiger partial charge in [-0.2, -0.15) is 0 Å². The van der Waals surface area contributed by atoms with Gasteiger partial charge in [-0.25, -0.2) is 4.79 Å². The van der Waals surface area contributed by atoms with E-state index in [1.165, 1.54) is 38.5 Å². The number of rotatable bonds is 5. The molecule has 28 heavy (non-hydrogen) atoms. The number of nitrogens with one attached hydrogen (secondary N) is 1. The van der Waals surface area contributed by atoms with Gasteiger partial charge in [-0.3, -0.25) is 4.79 Å². The van der Waals surface area contributed by atoms with E-state index in [0.717, 1.165) is 37.0 Å². The summed E-state index contributed by atoms with van der Waals surface area (Å²) in [4.78, 5) is 25.4. The van der Waals surface area contributed by atoms with Gasteiger partial charge in [0.25, 0.3) is 5.91 Å². The average molecular weight is 407 g/mol. The van der Waals surface area contributed by atoms with Crippen molar-refractivity contribution in [2.24, 2.45) is 17.8 Å². The quantitative estimate of drug-likeness (QED) is 0.576. The van der Waals surface area contributed by atoms with Crippen molar-refractivity contribution >= 4 is 29.2 Å². The summed E-state index contributed by atoms with van der Waals surface area (Å²) < 4.78 is 10.6. The molecule has 0 unspecified atom stereocenters. The van der Waals surface area contributed by atoms with E-state index in [0.29, 0.717) is 5.69 Å². The minimum absolute atomic E-state index is 0.116. The molecule has 1 atom stereocenters. The molecule has 1 aromatic carbocycles. The SMILES string of the molecule is COc1cc(N)c(Cl)cc1C(=O)O[C@H](C)C(=O)NC12CC3CC(CC(C3)C1)C2. The Morgan fingerprint density at radius 3 is 2.29 bits per heavy atom. The molecule has 1 aromatic rings. The van der Waals surface area contributed by atoms with Crippen LogP contribution in [0.3, 0.4) is 0 Å². The van der Waals surface area contributed by atoms with Crippen molar-refractivity contribution in [3.63, 3.8) is 0 Å². The third-order valence-corrected chi connectivity index (χ3v) is 6.95. The molecule has 4 fully saturated rings. The van der Waals surface area contributed by atoms with Crippen LogP contribution < -0.4 is 15.8 Å². The molecule has 0 saturated heterocycles. The zero-order chi connectivity index (χ0) is 20.1. The second kappa shape index (κ2) is 7.14. The second-order valence-corrected chi connectivity index (χ2v) is 9.22. The lowest BCUT2D eigenvalue weighted by molar-refractivity contribution is -0.134. The van der Waals surface area contributed by atoms with E-state index in [1.54, 1.807) is 6.92 Å². The number of amides is 1. The van der Waals surface area contributed by atoms with Gasteiger partial charge in [0.05, 0.1) is 17.8 Å². The number of esters is 1. The first kappa shape index (κ1) is 19.4. The fourth-order valence-corrected chi connectivity index (χ4v) is 5.97. The Hall–Kier alpha value is -1.95. The molecule has 7 heteroatoms. The maximum Gasteiger partial charge on any atom is 0.342 e. The molecule has 0 aromatic heterocycles. The number of halogens is 1. The summed E-state index contributed by atoms with van der Waals surface area (Å²) in [6.45, 7) is 1.60. The normalized spacial score (nSPS) is 31.3. The molecular weight excluding hydrogens is 380 g/mol. The van der Waals surface area contributed by atoms with Crippen molar-refractivity contribution < 1.29 is 19.1 Å². The number of anilines is 1. The summed E-state index contributed by atoms with van der Waals surface area (Å²) in [5, 5.41) is 3.47. The standard InChI is InChI=1S/C21H27ClN2O4/c1-11(28-20(26)15-6-16(22)17(23)7-18(15)27-2)19(25)24-21-8-12-3-13(9-21)5-14(4-12)10-21/h6-7,11-14H,3-5,8-10,23H2,1-2H3,(H,24,25)/t11-,12?,13?,14?,21?/m1/s1. The van der Waals surface area contributed by atoms with E-state index < -0.39 is 12.1 Å². The van der Waals surface area contributed by atoms with Gasteiger partial charge in [-0.05, 0) is 69.3 Å². The van der Waals surface area contributed by atoms with Crippen LogP contribution in [0.5, 0.6) is 5.75 Å². The largest absolute Gasteiger partial charge is 0.496 e. The highest BCUT2D eigenvalue weighted by Crippen LogP contribution is 2.55. The molecule has 0 spiro atoms. The summed E-state index contributed by atoms with van der Waals surface area (Å²) in [6, 6.07) is 2.88. The molecule has 4 aliphatic rings. The van der Waals surface area contributed by atoms with Crippen LogP contribution in [0.4, 0.5) is 5.69 Å². The first-order valence-corrected chi connectivity index (χ1v) is 10.3. The molecule has 5 rings (SSSR count). The molecule has 4 bridgehead atoms. The van der Waals surface area contributed by atoms with E-state index in [9.17, 15) is 9.59 Å². The molecule has 0 heterocycles. The van der Waals surface area contributed by atoms with Crippen molar-refractivity contribution in [3.8, 4) is 5.75 Å². The number of nitrogen functional groups attached to an aromatic ring is 1. The first-order chi connectivity index (χ1) is 13.3. The number of benzene rings is 1. The molecule has 0 aliphatic heterocycles. The number of methoxy groups -OCH3 is 1. The van der Waals surface area contributed by atoms with Crippen molar-refractivity contribution in [3.05, 3.63) is 22.7 Å². The number of carbonyl (C=O) groups excluding carboxylic acids is 2. The van der Waals surface area contributed by atoms with Crippen LogP contribution in [-0.2, 0) is 9.53 Å². The van der Waals surface area contributed by atoms with E-state index in [4.69, 9.17) is 26.8 Å². The molecule has 152 valence electrons. The molecular formula is C21H27ClN2O4. The lowest BCUT2D eigenvalue weighted by Gasteiger charge is -2.57. The smallest absolute Gasteiger partial charge is 0.342 e. The fourth-order valence-electron chi connectivity index (χ4n) is 5.80. The Labute approximate surface area is 170 Å². The highest BCUT2D eigenvalue weighted by atomic mass is 35.5. The van der Waals surface area contributed by atoms with Crippen LogP contribution in [0.15, 0.2) is 12.1 Å². The number of ether oxygens (including phenoxy) is 2. The summed E-state index contributed by atoms with van der Waals surface area (Å²) in [6.07, 6.45) is 6.15. The van der Waals surface area contributed by atoms with Gasteiger partial charge in [-0.15, -0.1) is 0 Å². The van der Waals surface area contributed by atoms with Crippen LogP contribution in [0.25, 0.3) is 0 Å². The van der Waals surface area contributed by atoms with Crippen LogP contribution >= 0.6 is 11.6 Å². The van der Waals surface area contributed by atoms with Gasteiger partial charge in [-0.1, -0.05) is 11.6 Å². The average Bonchev–Trinajstić information content (AvgIpc) is 2.61. The Kier molecular flexibility index (Phi) is 4.94. The number of hydrogen-bond donors (Lipinski definition) is 2. The van der Waals surface area contributed by atoms with Gasteiger partial charge < -0.3 is 20.5 Å². The topological polar surface area (TPSA) is 90.7 Å². The van der Waals surface area contributed by atoms with E-state index in [1.807, 2.05) is 0 Å². The predicted octanol–water partition coefficient (Wildman–Crippen LogP) is 3.56. The molecule has 6 nitrogen and oxygen atoms in total. The Balaban J connectivity index is 1.42. The van der Waals surface area contributed by atoms with Gasteiger partial charge in [0.15, 0.2) is 6.10 Å². The van der Waals surface area contributed by atoms with Gasteiger partial charge in [0.1, 0.15) is 11.3 Å². The second-order valence-electron chi connectivity index (χ2n) is 8.81. The highest BCUT2D eigenvalue weighted by Gasteiger charge is 2.51. The van der Waals surface area contributed by atoms with Crippen LogP contribution in [0, 0.1) is 17.8 Å². The Morgan fingerprint density at radius 1 is 1.18 bits per heavy atom. The van der Waals surface area contributed by atoms with Crippen LogP contribution in [0.2, 0.25) is 5.02 Å². The molecule has 1 amide bonds. The fraction of sp³-hybridized carbons (Fsp3) is 0.619. The highest BCUT2D eigenvalue weighted by molar-refractivity contribution is 6.33. The third kappa shape index (κ3) is 3.54. The van der Waals surface area contributed by atoms with E-state index in [2.05, 4.69) is 5.32 Å². The van der Waals surface area contributed by atoms with E-state index in [-0.39, 0.29) is 27.8 Å². The minimum atomic E-state index is -0.901. The van der Waals surface area contributed by atoms with Gasteiger partial charge in [0, 0.05) is 11.6 Å². The van der Waals surface area contributed by atoms with Gasteiger partial charge in [0.2, 0.25) is 0 Å². The Morgan fingerprint density at radius 2 is 1.75 bits per heavy atom. The number of nitrogens with two attached hydrogens (primary N) is 1. The zero-order valence-electron chi connectivity index (χ0n) is 16.3. The molecule has 4 saturated carbocycles. The Bertz CT molecular complexity index is 775. The maximum absolute atomic E-state index is 12.8. The molecule has 0 radical (unpaired) electrons. The van der Waals surface area contributed by atoms with E-state index >= 15 is 0 Å². The number of carbonyl (C=O) groups is 2. The van der Waals surface area contributed by atoms with Crippen molar-refractivity contribution in [1.29, 1.82) is 0 Å². The molecule has 4 aliphatic carbocycles. The third-order valence-electron chi connectivity index (χ3n) is 6.62.